The molecule has 0 bridgehead atoms. The molecule has 4 rings (SSSR count). The second-order valence-corrected chi connectivity index (χ2v) is 8.84. The fourth-order valence-corrected chi connectivity index (χ4v) is 4.06. The normalized spacial score (nSPS) is 11.1. The maximum absolute atomic E-state index is 12.3. The number of nitrogens with one attached hydrogen (secondary N) is 1. The molecular formula is C24H20BrN5OS. The Hall–Kier alpha value is -3.23. The van der Waals surface area contributed by atoms with Crippen LogP contribution in [0.1, 0.15) is 11.1 Å². The van der Waals surface area contributed by atoms with E-state index >= 15 is 0 Å². The monoisotopic (exact) mass is 505 g/mol. The summed E-state index contributed by atoms with van der Waals surface area (Å²) >= 11 is 4.78. The molecule has 1 N–H and O–H groups in total. The summed E-state index contributed by atoms with van der Waals surface area (Å²) in [5.74, 6) is 0.660. The Kier molecular flexibility index (Phi) is 7.14. The second kappa shape index (κ2) is 10.4. The van der Waals surface area contributed by atoms with Gasteiger partial charge in [0.15, 0.2) is 11.0 Å². The Balaban J connectivity index is 1.50. The predicted molar refractivity (Wildman–Crippen MR) is 132 cm³/mol. The summed E-state index contributed by atoms with van der Waals surface area (Å²) in [6.07, 6.45) is 1.63. The molecule has 32 heavy (non-hydrogen) atoms. The molecule has 4 aromatic rings. The van der Waals surface area contributed by atoms with Crippen molar-refractivity contribution in [3.63, 3.8) is 0 Å². The average Bonchev–Trinajstić information content (AvgIpc) is 3.23. The standard InChI is InChI=1S/C24H20BrN5OS/c1-17-6-5-7-18(14-17)15-26-27-22(31)16-32-24-29-28-23(19-8-3-2-4-9-19)30(24)21-12-10-20(25)11-13-21/h2-15H,16H2,1H3,(H,27,31)/b26-15-. The molecule has 0 aliphatic heterocycles. The zero-order valence-corrected chi connectivity index (χ0v) is 19.7. The van der Waals surface area contributed by atoms with E-state index < -0.39 is 0 Å². The fourth-order valence-electron chi connectivity index (χ4n) is 3.05. The smallest absolute Gasteiger partial charge is 0.250 e. The maximum atomic E-state index is 12.3. The largest absolute Gasteiger partial charge is 0.272 e. The van der Waals surface area contributed by atoms with Crippen molar-refractivity contribution >= 4 is 39.8 Å². The van der Waals surface area contributed by atoms with Crippen LogP contribution in [0.4, 0.5) is 0 Å². The molecule has 1 heterocycles. The first kappa shape index (κ1) is 22.0. The SMILES string of the molecule is Cc1cccc(/C=N\NC(=O)CSc2nnc(-c3ccccc3)n2-c2ccc(Br)cc2)c1. The van der Waals surface area contributed by atoms with Crippen LogP contribution >= 0.6 is 27.7 Å². The number of hydrogen-bond donors (Lipinski definition) is 1. The van der Waals surface area contributed by atoms with Crippen LogP contribution in [-0.4, -0.2) is 32.6 Å². The van der Waals surface area contributed by atoms with Gasteiger partial charge in [-0.2, -0.15) is 5.10 Å². The van der Waals surface area contributed by atoms with E-state index in [0.717, 1.165) is 26.9 Å². The Morgan fingerprint density at radius 1 is 1.06 bits per heavy atom. The van der Waals surface area contributed by atoms with Gasteiger partial charge in [0, 0.05) is 15.7 Å². The van der Waals surface area contributed by atoms with E-state index in [9.17, 15) is 4.79 Å². The van der Waals surface area contributed by atoms with Crippen LogP contribution in [-0.2, 0) is 4.79 Å². The molecule has 3 aromatic carbocycles. The third-order valence-corrected chi connectivity index (χ3v) is 5.99. The number of halogens is 1. The van der Waals surface area contributed by atoms with E-state index in [1.54, 1.807) is 6.21 Å². The number of aryl methyl sites for hydroxylation is 1. The molecule has 0 spiro atoms. The van der Waals surface area contributed by atoms with Gasteiger partial charge < -0.3 is 0 Å². The molecule has 0 aliphatic rings. The lowest BCUT2D eigenvalue weighted by Crippen LogP contribution is -2.20. The number of rotatable bonds is 7. The lowest BCUT2D eigenvalue weighted by molar-refractivity contribution is -0.118. The zero-order chi connectivity index (χ0) is 22.3. The summed E-state index contributed by atoms with van der Waals surface area (Å²) in [5, 5.41) is 13.4. The first-order chi connectivity index (χ1) is 15.6. The van der Waals surface area contributed by atoms with E-state index in [1.807, 2.05) is 90.4 Å². The molecule has 1 amide bonds. The van der Waals surface area contributed by atoms with Gasteiger partial charge in [0.05, 0.1) is 12.0 Å². The summed E-state index contributed by atoms with van der Waals surface area (Å²) in [6.45, 7) is 2.01. The number of aromatic nitrogens is 3. The van der Waals surface area contributed by atoms with Crippen LogP contribution in [0, 0.1) is 6.92 Å². The Morgan fingerprint density at radius 2 is 1.84 bits per heavy atom. The molecule has 0 aliphatic carbocycles. The highest BCUT2D eigenvalue weighted by atomic mass is 79.9. The number of benzene rings is 3. The van der Waals surface area contributed by atoms with Gasteiger partial charge in [-0.3, -0.25) is 9.36 Å². The van der Waals surface area contributed by atoms with E-state index in [0.29, 0.717) is 11.0 Å². The number of amides is 1. The Morgan fingerprint density at radius 3 is 2.59 bits per heavy atom. The van der Waals surface area contributed by atoms with Crippen molar-refractivity contribution in [2.75, 3.05) is 5.75 Å². The predicted octanol–water partition coefficient (Wildman–Crippen LogP) is 5.25. The van der Waals surface area contributed by atoms with E-state index in [2.05, 4.69) is 36.7 Å². The van der Waals surface area contributed by atoms with Crippen molar-refractivity contribution in [3.8, 4) is 17.1 Å². The highest BCUT2D eigenvalue weighted by Crippen LogP contribution is 2.28. The molecular weight excluding hydrogens is 486 g/mol. The minimum atomic E-state index is -0.217. The molecule has 6 nitrogen and oxygen atoms in total. The lowest BCUT2D eigenvalue weighted by Gasteiger charge is -2.10. The van der Waals surface area contributed by atoms with Gasteiger partial charge in [-0.15, -0.1) is 10.2 Å². The number of thioether (sulfide) groups is 1. The quantitative estimate of drug-likeness (QED) is 0.211. The summed E-state index contributed by atoms with van der Waals surface area (Å²) in [7, 11) is 0. The number of carbonyl (C=O) groups is 1. The van der Waals surface area contributed by atoms with Gasteiger partial charge in [-0.1, -0.05) is 87.9 Å². The van der Waals surface area contributed by atoms with Crippen molar-refractivity contribution in [2.24, 2.45) is 5.10 Å². The lowest BCUT2D eigenvalue weighted by atomic mass is 10.2. The molecule has 0 saturated heterocycles. The van der Waals surface area contributed by atoms with Crippen LogP contribution in [0.25, 0.3) is 17.1 Å². The highest BCUT2D eigenvalue weighted by Gasteiger charge is 2.17. The van der Waals surface area contributed by atoms with E-state index in [-0.39, 0.29) is 11.7 Å². The number of hydrogen-bond acceptors (Lipinski definition) is 5. The van der Waals surface area contributed by atoms with Crippen molar-refractivity contribution in [1.29, 1.82) is 0 Å². The van der Waals surface area contributed by atoms with Crippen LogP contribution < -0.4 is 5.43 Å². The molecule has 1 aromatic heterocycles. The van der Waals surface area contributed by atoms with Crippen LogP contribution in [0.5, 0.6) is 0 Å². The summed E-state index contributed by atoms with van der Waals surface area (Å²) in [4.78, 5) is 12.3. The van der Waals surface area contributed by atoms with Crippen LogP contribution in [0.2, 0.25) is 0 Å². The molecule has 0 saturated carbocycles. The number of nitrogens with zero attached hydrogens (tertiary/aromatic N) is 4. The first-order valence-corrected chi connectivity index (χ1v) is 11.7. The van der Waals surface area contributed by atoms with Gasteiger partial charge in [0.1, 0.15) is 0 Å². The average molecular weight is 506 g/mol. The minimum Gasteiger partial charge on any atom is -0.272 e. The third-order valence-electron chi connectivity index (χ3n) is 4.53. The molecule has 0 atom stereocenters. The van der Waals surface area contributed by atoms with Gasteiger partial charge in [-0.05, 0) is 36.8 Å². The third kappa shape index (κ3) is 5.52. The van der Waals surface area contributed by atoms with E-state index in [1.165, 1.54) is 11.8 Å². The molecule has 0 radical (unpaired) electrons. The summed E-state index contributed by atoms with van der Waals surface area (Å²) in [6, 6.07) is 25.6. The van der Waals surface area contributed by atoms with E-state index in [4.69, 9.17) is 0 Å². The number of hydrazone groups is 1. The molecule has 160 valence electrons. The summed E-state index contributed by atoms with van der Waals surface area (Å²) < 4.78 is 2.94. The van der Waals surface area contributed by atoms with Gasteiger partial charge in [0.25, 0.3) is 5.91 Å². The topological polar surface area (TPSA) is 72.2 Å². The van der Waals surface area contributed by atoms with Crippen LogP contribution in [0.15, 0.2) is 93.6 Å². The molecule has 0 fully saturated rings. The van der Waals surface area contributed by atoms with Crippen molar-refractivity contribution in [2.45, 2.75) is 12.1 Å². The number of carbonyl (C=O) groups excluding carboxylic acids is 1. The minimum absolute atomic E-state index is 0.161. The van der Waals surface area contributed by atoms with Crippen molar-refractivity contribution in [1.82, 2.24) is 20.2 Å². The highest BCUT2D eigenvalue weighted by molar-refractivity contribution is 9.10. The second-order valence-electron chi connectivity index (χ2n) is 6.98. The summed E-state index contributed by atoms with van der Waals surface area (Å²) in [5.41, 5.74) is 6.50. The maximum Gasteiger partial charge on any atom is 0.250 e. The van der Waals surface area contributed by atoms with Crippen LogP contribution in [0.3, 0.4) is 0 Å². The zero-order valence-electron chi connectivity index (χ0n) is 17.3. The molecule has 0 unspecified atom stereocenters. The van der Waals surface area contributed by atoms with Gasteiger partial charge in [-0.25, -0.2) is 5.43 Å². The fraction of sp³-hybridized carbons (Fsp3) is 0.0833. The Bertz CT molecular complexity index is 1240. The van der Waals surface area contributed by atoms with Crippen molar-refractivity contribution < 1.29 is 4.79 Å². The van der Waals surface area contributed by atoms with Gasteiger partial charge in [0.2, 0.25) is 0 Å². The van der Waals surface area contributed by atoms with Gasteiger partial charge >= 0.3 is 0 Å². The molecule has 8 heteroatoms. The Labute approximate surface area is 198 Å². The first-order valence-electron chi connectivity index (χ1n) is 9.88. The van der Waals surface area contributed by atoms with Crippen molar-refractivity contribution in [3.05, 3.63) is 94.5 Å².